The molecule has 0 aliphatic heterocycles. The van der Waals surface area contributed by atoms with E-state index in [4.69, 9.17) is 13.5 Å². The topological polar surface area (TPSA) is 43.9 Å². The molecule has 0 aliphatic carbocycles. The smallest absolute Gasteiger partial charge is 0.131 e. The van der Waals surface area contributed by atoms with Crippen LogP contribution in [0.2, 0.25) is 19.6 Å². The van der Waals surface area contributed by atoms with Gasteiger partial charge in [-0.15, -0.1) is 53.6 Å². The molecule has 0 unspecified atom stereocenters. The normalized spacial score (nSPS) is 13.1. The fourth-order valence-corrected chi connectivity index (χ4v) is 9.78. The fourth-order valence-electron chi connectivity index (χ4n) is 8.60. The zero-order chi connectivity index (χ0) is 49.1. The number of fused-ring (bicyclic) bond motifs is 4. The minimum Gasteiger partial charge on any atom is -0.501 e. The number of pyridine rings is 1. The van der Waals surface area contributed by atoms with Crippen LogP contribution in [0.15, 0.2) is 132 Å². The summed E-state index contributed by atoms with van der Waals surface area (Å²) in [5.74, 6) is 1.36. The maximum Gasteiger partial charge on any atom is 0.131 e. The number of hydrogen-bond acceptors (Lipinski definition) is 3. The van der Waals surface area contributed by atoms with Crippen LogP contribution in [0.3, 0.4) is 0 Å². The second-order valence-electron chi connectivity index (χ2n) is 20.4. The van der Waals surface area contributed by atoms with E-state index in [1.807, 2.05) is 72.8 Å². The Labute approximate surface area is 410 Å². The standard InChI is InChI=1S/C43H44FN2OSi.C16H18N.Ir/c1-26(2)33-24-30(48(7,8)9)25-34(27(3)4)40(33)46-37-21-14-13-20-36(37)45-42(46)32-19-15-18-31-39-35(43(5,6)44)22-29(23-38(39)47-41(31)32)28-16-11-10-12-17-28;1-12-5-7-13(8-6-12)15-11-14(9-10-17-15)16(2,3)4;/h10-18,20-27H,1-9H3;5-7,9-11H,1-4H3;/q2*-1;/i;1D3;. The number of para-hydroxylation sites is 2. The van der Waals surface area contributed by atoms with E-state index >= 15 is 4.39 Å². The van der Waals surface area contributed by atoms with Crippen LogP contribution in [-0.4, -0.2) is 22.6 Å². The Morgan fingerprint density at radius 1 is 0.773 bits per heavy atom. The predicted molar refractivity (Wildman–Crippen MR) is 275 cm³/mol. The van der Waals surface area contributed by atoms with Crippen LogP contribution in [0.25, 0.3) is 72.4 Å². The average molecular weight is 1070 g/mol. The molecule has 0 amide bonds. The molecular weight excluding hydrogens is 1010 g/mol. The first-order chi connectivity index (χ1) is 31.9. The molecule has 9 aromatic rings. The molecule has 0 fully saturated rings. The van der Waals surface area contributed by atoms with Crippen molar-refractivity contribution in [2.24, 2.45) is 0 Å². The zero-order valence-electron chi connectivity index (χ0n) is 43.2. The number of nitrogens with zero attached hydrogens (tertiary/aromatic N) is 3. The molecular formula is C59H62FIrN3OSi-2. The van der Waals surface area contributed by atoms with Crippen molar-refractivity contribution in [3.05, 3.63) is 167 Å². The molecule has 0 spiro atoms. The van der Waals surface area contributed by atoms with Crippen molar-refractivity contribution in [1.82, 2.24) is 14.5 Å². The number of hydrogen-bond donors (Lipinski definition) is 0. The van der Waals surface area contributed by atoms with Gasteiger partial charge in [-0.2, -0.15) is 0 Å². The molecule has 341 valence electrons. The second kappa shape index (κ2) is 18.7. The van der Waals surface area contributed by atoms with Gasteiger partial charge < -0.3 is 14.0 Å². The van der Waals surface area contributed by atoms with E-state index in [2.05, 4.69) is 120 Å². The third-order valence-electron chi connectivity index (χ3n) is 12.3. The summed E-state index contributed by atoms with van der Waals surface area (Å²) in [6.45, 7) is 24.0. The number of furan rings is 1. The molecule has 6 aromatic carbocycles. The number of benzene rings is 6. The van der Waals surface area contributed by atoms with Crippen molar-refractivity contribution in [2.75, 3.05) is 0 Å². The summed E-state index contributed by atoms with van der Waals surface area (Å²) < 4.78 is 47.3. The monoisotopic (exact) mass is 1070 g/mol. The third-order valence-corrected chi connectivity index (χ3v) is 14.3. The molecule has 0 aliphatic rings. The molecule has 0 saturated heterocycles. The number of halogens is 1. The van der Waals surface area contributed by atoms with Gasteiger partial charge in [-0.3, -0.25) is 4.98 Å². The SMILES string of the molecule is CC(C)c1cc([Si](C)(C)C)cc(C(C)C)c1-n1c(-c2[c-]ccc3c2oc2cc(-c4ccccc4)cc(C(C)(C)F)c23)nc2ccccc21.[2H]C([2H])([2H])c1c[c-]c(-c2cc(C(C)(C)C)ccn2)cc1.[Ir]. The Bertz CT molecular complexity index is 3250. The average Bonchev–Trinajstić information content (AvgIpc) is 3.86. The zero-order valence-corrected chi connectivity index (χ0v) is 43.6. The maximum atomic E-state index is 16.1. The van der Waals surface area contributed by atoms with Gasteiger partial charge in [0.1, 0.15) is 11.3 Å². The van der Waals surface area contributed by atoms with Gasteiger partial charge in [0.05, 0.1) is 30.5 Å². The Morgan fingerprint density at radius 3 is 2.06 bits per heavy atom. The van der Waals surface area contributed by atoms with E-state index in [1.54, 1.807) is 32.2 Å². The number of aryl methyl sites for hydroxylation is 1. The fraction of sp³-hybridized carbons (Fsp3) is 0.288. The number of alkyl halides is 1. The summed E-state index contributed by atoms with van der Waals surface area (Å²) in [7, 11) is -1.61. The van der Waals surface area contributed by atoms with Gasteiger partial charge in [0, 0.05) is 41.5 Å². The van der Waals surface area contributed by atoms with Crippen molar-refractivity contribution in [1.29, 1.82) is 0 Å². The van der Waals surface area contributed by atoms with Crippen molar-refractivity contribution >= 4 is 46.2 Å². The summed E-state index contributed by atoms with van der Waals surface area (Å²) in [5.41, 5.74) is 12.0. The first-order valence-electron chi connectivity index (χ1n) is 24.2. The van der Waals surface area contributed by atoms with Gasteiger partial charge in [0.15, 0.2) is 0 Å². The first kappa shape index (κ1) is 44.4. The third kappa shape index (κ3) is 9.67. The van der Waals surface area contributed by atoms with E-state index in [1.165, 1.54) is 33.6 Å². The van der Waals surface area contributed by atoms with Gasteiger partial charge in [-0.1, -0.05) is 152 Å². The molecule has 9 rings (SSSR count). The number of imidazole rings is 1. The van der Waals surface area contributed by atoms with Gasteiger partial charge in [0.2, 0.25) is 0 Å². The molecule has 0 saturated carbocycles. The van der Waals surface area contributed by atoms with Crippen LogP contribution < -0.4 is 5.19 Å². The van der Waals surface area contributed by atoms with Crippen LogP contribution in [0.4, 0.5) is 4.39 Å². The van der Waals surface area contributed by atoms with Gasteiger partial charge in [-0.05, 0) is 101 Å². The summed E-state index contributed by atoms with van der Waals surface area (Å²) in [6, 6.07) is 46.7. The van der Waals surface area contributed by atoms with Crippen molar-refractivity contribution in [3.8, 4) is 39.5 Å². The summed E-state index contributed by atoms with van der Waals surface area (Å²) >= 11 is 0. The molecule has 3 heterocycles. The number of rotatable bonds is 8. The Morgan fingerprint density at radius 2 is 1.45 bits per heavy atom. The quantitative estimate of drug-likeness (QED) is 0.112. The number of aromatic nitrogens is 3. The van der Waals surface area contributed by atoms with Gasteiger partial charge in [-0.25, -0.2) is 4.39 Å². The summed E-state index contributed by atoms with van der Waals surface area (Å²) in [4.78, 5) is 9.64. The van der Waals surface area contributed by atoms with E-state index in [0.717, 1.165) is 55.6 Å². The largest absolute Gasteiger partial charge is 0.501 e. The van der Waals surface area contributed by atoms with Crippen LogP contribution in [0.5, 0.6) is 0 Å². The molecule has 0 N–H and O–H groups in total. The minimum absolute atomic E-state index is 0. The van der Waals surface area contributed by atoms with Crippen LogP contribution >= 0.6 is 0 Å². The van der Waals surface area contributed by atoms with Crippen molar-refractivity contribution in [3.63, 3.8) is 0 Å². The molecule has 66 heavy (non-hydrogen) atoms. The van der Waals surface area contributed by atoms with Crippen LogP contribution in [-0.2, 0) is 31.2 Å². The van der Waals surface area contributed by atoms with Gasteiger partial charge >= 0.3 is 0 Å². The first-order valence-corrected chi connectivity index (χ1v) is 26.2. The maximum absolute atomic E-state index is 16.1. The summed E-state index contributed by atoms with van der Waals surface area (Å²) in [6.07, 6.45) is 1.78. The Hall–Kier alpha value is -5.46. The second-order valence-corrected chi connectivity index (χ2v) is 25.5. The minimum atomic E-state index is -2.09. The van der Waals surface area contributed by atoms with Crippen molar-refractivity contribution < 1.29 is 33.0 Å². The van der Waals surface area contributed by atoms with E-state index < -0.39 is 20.6 Å². The predicted octanol–water partition coefficient (Wildman–Crippen LogP) is 16.2. The molecule has 1 radical (unpaired) electrons. The van der Waals surface area contributed by atoms with E-state index in [-0.39, 0.29) is 25.5 Å². The molecule has 0 bridgehead atoms. The van der Waals surface area contributed by atoms with E-state index in [9.17, 15) is 0 Å². The Balaban J connectivity index is 0.000000281. The van der Waals surface area contributed by atoms with Gasteiger partial charge in [0.25, 0.3) is 0 Å². The van der Waals surface area contributed by atoms with E-state index in [0.29, 0.717) is 34.1 Å². The summed E-state index contributed by atoms with van der Waals surface area (Å²) in [5, 5.41) is 3.12. The van der Waals surface area contributed by atoms with Crippen LogP contribution in [0, 0.1) is 19.0 Å². The Kier molecular flexibility index (Phi) is 12.6. The van der Waals surface area contributed by atoms with Crippen LogP contribution in [0.1, 0.15) is 106 Å². The molecule has 3 aromatic heterocycles. The molecule has 4 nitrogen and oxygen atoms in total. The van der Waals surface area contributed by atoms with Crippen molar-refractivity contribution in [2.45, 2.75) is 112 Å². The molecule has 7 heteroatoms. The molecule has 0 atom stereocenters.